The lowest BCUT2D eigenvalue weighted by atomic mass is 9.76. The van der Waals surface area contributed by atoms with Crippen molar-refractivity contribution in [3.05, 3.63) is 0 Å². The normalized spacial score (nSPS) is 36.7. The van der Waals surface area contributed by atoms with Crippen LogP contribution >= 0.6 is 0 Å². The Morgan fingerprint density at radius 3 is 1.87 bits per heavy atom. The molecule has 3 aliphatic rings. The van der Waals surface area contributed by atoms with E-state index in [9.17, 15) is 24.8 Å². The highest BCUT2D eigenvalue weighted by molar-refractivity contribution is 5.22. The van der Waals surface area contributed by atoms with Crippen LogP contribution in [0.25, 0.3) is 0 Å². The van der Waals surface area contributed by atoms with Gasteiger partial charge in [0.1, 0.15) is 6.17 Å². The second-order valence-corrected chi connectivity index (χ2v) is 6.95. The first-order valence-corrected chi connectivity index (χ1v) is 8.85. The summed E-state index contributed by atoms with van der Waals surface area (Å²) in [4.78, 5) is 1.30. The van der Waals surface area contributed by atoms with Crippen molar-refractivity contribution in [1.82, 2.24) is 4.90 Å². The van der Waals surface area contributed by atoms with Gasteiger partial charge >= 0.3 is 0 Å². The van der Waals surface area contributed by atoms with Crippen molar-refractivity contribution in [3.8, 4) is 0 Å². The van der Waals surface area contributed by atoms with E-state index < -0.39 is 28.8 Å². The quantitative estimate of drug-likeness (QED) is 0.593. The Kier molecular flexibility index (Phi) is 5.92. The second kappa shape index (κ2) is 6.56. The summed E-state index contributed by atoms with van der Waals surface area (Å²) in [5.41, 5.74) is -1.68. The summed E-state index contributed by atoms with van der Waals surface area (Å²) < 4.78 is 13.1. The van der Waals surface area contributed by atoms with Crippen molar-refractivity contribution in [3.63, 3.8) is 0 Å². The van der Waals surface area contributed by atoms with E-state index in [1.54, 1.807) is 6.92 Å². The summed E-state index contributed by atoms with van der Waals surface area (Å²) in [6.07, 6.45) is 1.02. The van der Waals surface area contributed by atoms with Gasteiger partial charge in [0, 0.05) is 24.3 Å². The van der Waals surface area contributed by atoms with Crippen LogP contribution in [0.5, 0.6) is 0 Å². The molecule has 0 bridgehead atoms. The maximum absolute atomic E-state index is 13.1. The summed E-state index contributed by atoms with van der Waals surface area (Å²) >= 11 is 0. The third kappa shape index (κ3) is 3.29. The lowest BCUT2D eigenvalue weighted by Crippen LogP contribution is -2.66. The smallest absolute Gasteiger partial charge is 0.226 e. The SMILES string of the molecule is CC.CC.CC(O)(O)[C@]1(C)N(CC2CC2F)C(O)(O)CC12CC2. The van der Waals surface area contributed by atoms with E-state index in [0.717, 1.165) is 12.8 Å². The molecule has 1 saturated heterocycles. The molecule has 0 aromatic rings. The predicted molar refractivity (Wildman–Crippen MR) is 87.1 cm³/mol. The lowest BCUT2D eigenvalue weighted by molar-refractivity contribution is -0.308. The van der Waals surface area contributed by atoms with E-state index in [4.69, 9.17) is 0 Å². The number of likely N-dealkylation sites (tertiary alicyclic amines) is 1. The van der Waals surface area contributed by atoms with Gasteiger partial charge in [-0.25, -0.2) is 9.29 Å². The highest BCUT2D eigenvalue weighted by Gasteiger charge is 2.76. The van der Waals surface area contributed by atoms with Crippen molar-refractivity contribution in [2.24, 2.45) is 11.3 Å². The van der Waals surface area contributed by atoms with E-state index in [1.165, 1.54) is 11.8 Å². The molecule has 2 unspecified atom stereocenters. The van der Waals surface area contributed by atoms with Gasteiger partial charge in [-0.05, 0) is 33.1 Å². The van der Waals surface area contributed by atoms with Crippen LogP contribution in [0.1, 0.15) is 67.2 Å². The molecule has 5 nitrogen and oxygen atoms in total. The van der Waals surface area contributed by atoms with Crippen molar-refractivity contribution in [2.75, 3.05) is 6.54 Å². The molecule has 2 saturated carbocycles. The predicted octanol–water partition coefficient (Wildman–Crippen LogP) is 1.98. The van der Waals surface area contributed by atoms with Crippen molar-refractivity contribution in [2.45, 2.75) is 90.6 Å². The summed E-state index contributed by atoms with van der Waals surface area (Å²) in [5, 5.41) is 40.8. The standard InChI is InChI=1S/C13H22FNO4.2C2H6/c1-10(11(2,16)17)12(3-4-12)7-13(18,19)15(10)6-8-5-9(8)14;2*1-2/h8-9,16-19H,3-7H2,1-2H3;2*1-2H3/t8?,9?,10-;;/m0../s1. The van der Waals surface area contributed by atoms with Crippen LogP contribution < -0.4 is 0 Å². The van der Waals surface area contributed by atoms with Crippen molar-refractivity contribution < 1.29 is 24.8 Å². The van der Waals surface area contributed by atoms with Crippen LogP contribution in [0, 0.1) is 11.3 Å². The van der Waals surface area contributed by atoms with Crippen LogP contribution in [-0.4, -0.2) is 55.3 Å². The Bertz CT molecular complexity index is 406. The first-order valence-electron chi connectivity index (χ1n) is 8.85. The summed E-state index contributed by atoms with van der Waals surface area (Å²) in [6, 6.07) is 0. The molecule has 1 heterocycles. The number of alkyl halides is 1. The molecular weight excluding hydrogens is 301 g/mol. The van der Waals surface area contributed by atoms with Crippen molar-refractivity contribution >= 4 is 0 Å². The Balaban J connectivity index is 0.000000615. The third-order valence-corrected chi connectivity index (χ3v) is 5.61. The molecule has 23 heavy (non-hydrogen) atoms. The van der Waals surface area contributed by atoms with Crippen molar-refractivity contribution in [1.29, 1.82) is 0 Å². The number of rotatable bonds is 3. The monoisotopic (exact) mass is 335 g/mol. The molecule has 6 heteroatoms. The summed E-state index contributed by atoms with van der Waals surface area (Å²) in [5.74, 6) is -4.41. The molecule has 1 aliphatic heterocycles. The average molecular weight is 335 g/mol. The minimum Gasteiger partial charge on any atom is -0.364 e. The molecule has 4 N–H and O–H groups in total. The van der Waals surface area contributed by atoms with Gasteiger partial charge in [0.25, 0.3) is 0 Å². The molecule has 1 spiro atoms. The molecule has 0 aromatic carbocycles. The van der Waals surface area contributed by atoms with E-state index in [1.807, 2.05) is 27.7 Å². The fourth-order valence-electron chi connectivity index (χ4n) is 3.90. The van der Waals surface area contributed by atoms with Crippen LogP contribution in [0.3, 0.4) is 0 Å². The lowest BCUT2D eigenvalue weighted by Gasteiger charge is -2.48. The fourth-order valence-corrected chi connectivity index (χ4v) is 3.90. The second-order valence-electron chi connectivity index (χ2n) is 6.95. The highest BCUT2D eigenvalue weighted by atomic mass is 19.1. The maximum Gasteiger partial charge on any atom is 0.226 e. The van der Waals surface area contributed by atoms with Crippen LogP contribution in [0.2, 0.25) is 0 Å². The number of nitrogens with zero attached hydrogens (tertiary/aromatic N) is 1. The Morgan fingerprint density at radius 2 is 1.57 bits per heavy atom. The molecule has 0 aromatic heterocycles. The van der Waals surface area contributed by atoms with Gasteiger partial charge in [-0.2, -0.15) is 0 Å². The van der Waals surface area contributed by atoms with Gasteiger partial charge in [-0.1, -0.05) is 27.7 Å². The molecule has 3 atom stereocenters. The number of hydrogen-bond donors (Lipinski definition) is 4. The van der Waals surface area contributed by atoms with Gasteiger partial charge < -0.3 is 20.4 Å². The van der Waals surface area contributed by atoms with Gasteiger partial charge in [0.2, 0.25) is 5.91 Å². The number of hydrogen-bond acceptors (Lipinski definition) is 5. The van der Waals surface area contributed by atoms with Gasteiger partial charge in [0.15, 0.2) is 5.79 Å². The topological polar surface area (TPSA) is 84.2 Å². The summed E-state index contributed by atoms with van der Waals surface area (Å²) in [7, 11) is 0. The largest absolute Gasteiger partial charge is 0.364 e. The molecular formula is C17H34FNO4. The fraction of sp³-hybridized carbons (Fsp3) is 1.00. The molecule has 138 valence electrons. The number of aliphatic hydroxyl groups is 4. The zero-order valence-electron chi connectivity index (χ0n) is 15.3. The Hall–Kier alpha value is -0.270. The van der Waals surface area contributed by atoms with Crippen LogP contribution in [-0.2, 0) is 0 Å². The minimum atomic E-state index is -2.10. The van der Waals surface area contributed by atoms with Crippen LogP contribution in [0.4, 0.5) is 4.39 Å². The van der Waals surface area contributed by atoms with Crippen LogP contribution in [0.15, 0.2) is 0 Å². The molecule has 0 amide bonds. The van der Waals surface area contributed by atoms with E-state index in [2.05, 4.69) is 0 Å². The zero-order chi connectivity index (χ0) is 18.3. The zero-order valence-corrected chi connectivity index (χ0v) is 15.3. The average Bonchev–Trinajstić information content (AvgIpc) is 3.36. The minimum absolute atomic E-state index is 0.0802. The molecule has 0 radical (unpaired) electrons. The first-order chi connectivity index (χ1) is 10.5. The number of halogens is 1. The van der Waals surface area contributed by atoms with E-state index in [0.29, 0.717) is 6.42 Å². The Labute approximate surface area is 139 Å². The molecule has 2 aliphatic carbocycles. The van der Waals surface area contributed by atoms with Gasteiger partial charge in [-0.3, -0.25) is 0 Å². The maximum atomic E-state index is 13.1. The first kappa shape index (κ1) is 20.8. The molecule has 3 fully saturated rings. The van der Waals surface area contributed by atoms with E-state index in [-0.39, 0.29) is 18.9 Å². The Morgan fingerprint density at radius 1 is 1.13 bits per heavy atom. The summed E-state index contributed by atoms with van der Waals surface area (Å²) in [6.45, 7) is 11.0. The highest BCUT2D eigenvalue weighted by Crippen LogP contribution is 2.68. The van der Waals surface area contributed by atoms with E-state index >= 15 is 0 Å². The third-order valence-electron chi connectivity index (χ3n) is 5.61. The molecule has 3 rings (SSSR count). The van der Waals surface area contributed by atoms with Gasteiger partial charge in [0.05, 0.1) is 5.54 Å². The van der Waals surface area contributed by atoms with Gasteiger partial charge in [-0.15, -0.1) is 0 Å².